The number of piperidine rings is 1. The molecule has 10 heteroatoms. The number of halogens is 3. The van der Waals surface area contributed by atoms with Crippen LogP contribution in [0.2, 0.25) is 0 Å². The van der Waals surface area contributed by atoms with Gasteiger partial charge in [-0.2, -0.15) is 13.2 Å². The van der Waals surface area contributed by atoms with Gasteiger partial charge in [0.1, 0.15) is 0 Å². The average molecular weight is 365 g/mol. The third-order valence-electron chi connectivity index (χ3n) is 3.75. The predicted molar refractivity (Wildman–Crippen MR) is 80.7 cm³/mol. The minimum absolute atomic E-state index is 0.0823. The van der Waals surface area contributed by atoms with Crippen molar-refractivity contribution in [2.45, 2.75) is 25.9 Å². The molecule has 0 spiro atoms. The van der Waals surface area contributed by atoms with E-state index >= 15 is 0 Å². The molecule has 2 amide bonds. The summed E-state index contributed by atoms with van der Waals surface area (Å²) in [7, 11) is 0. The summed E-state index contributed by atoms with van der Waals surface area (Å²) in [6.45, 7) is 2.63. The number of urea groups is 1. The minimum Gasteiger partial charge on any atom is -0.481 e. The quantitative estimate of drug-likeness (QED) is 0.859. The van der Waals surface area contributed by atoms with Gasteiger partial charge < -0.3 is 15.3 Å². The zero-order valence-corrected chi connectivity index (χ0v) is 13.8. The molecule has 2 unspecified atom stereocenters. The first kappa shape index (κ1) is 18.5. The molecule has 0 aliphatic carbocycles. The summed E-state index contributed by atoms with van der Waals surface area (Å²) in [5.41, 5.74) is -0.928. The van der Waals surface area contributed by atoms with Crippen LogP contribution in [0.4, 0.5) is 18.0 Å². The van der Waals surface area contributed by atoms with Crippen molar-refractivity contribution in [2.75, 3.05) is 19.6 Å². The molecule has 1 aromatic rings. The number of aliphatic carboxylic acids is 1. The van der Waals surface area contributed by atoms with Crippen molar-refractivity contribution in [2.24, 2.45) is 11.8 Å². The van der Waals surface area contributed by atoms with Crippen LogP contribution < -0.4 is 5.32 Å². The zero-order valence-electron chi connectivity index (χ0n) is 13.0. The van der Waals surface area contributed by atoms with Gasteiger partial charge in [0, 0.05) is 31.4 Å². The van der Waals surface area contributed by atoms with Crippen LogP contribution in [0.5, 0.6) is 0 Å². The number of amides is 2. The Labute approximate surface area is 140 Å². The maximum atomic E-state index is 12.5. The first-order valence-corrected chi connectivity index (χ1v) is 8.32. The minimum atomic E-state index is -4.46. The Morgan fingerprint density at radius 1 is 1.46 bits per heavy atom. The van der Waals surface area contributed by atoms with E-state index in [1.165, 1.54) is 4.90 Å². The van der Waals surface area contributed by atoms with E-state index in [0.717, 1.165) is 16.7 Å². The van der Waals surface area contributed by atoms with Gasteiger partial charge in [0.15, 0.2) is 5.69 Å². The lowest BCUT2D eigenvalue weighted by atomic mass is 9.91. The molecule has 2 heterocycles. The summed E-state index contributed by atoms with van der Waals surface area (Å²) >= 11 is 0.895. The van der Waals surface area contributed by atoms with Gasteiger partial charge in [0.05, 0.1) is 10.9 Å². The monoisotopic (exact) mass is 365 g/mol. The molecule has 2 atom stereocenters. The van der Waals surface area contributed by atoms with Crippen molar-refractivity contribution < 1.29 is 27.9 Å². The molecule has 0 saturated carbocycles. The highest BCUT2D eigenvalue weighted by molar-refractivity contribution is 7.09. The Balaban J connectivity index is 1.82. The number of hydrogen-bond donors (Lipinski definition) is 2. The standard InChI is InChI=1S/C14H18F3N3O3S/c1-8-4-9(12(21)22)6-20(5-8)13(23)18-3-2-11-19-10(7-24-11)14(15,16)17/h7-9H,2-6H2,1H3,(H,18,23)(H,21,22). The number of aromatic nitrogens is 1. The number of carboxylic acids is 1. The van der Waals surface area contributed by atoms with E-state index in [1.54, 1.807) is 0 Å². The van der Waals surface area contributed by atoms with Gasteiger partial charge in [-0.05, 0) is 12.3 Å². The van der Waals surface area contributed by atoms with E-state index < -0.39 is 29.8 Å². The van der Waals surface area contributed by atoms with E-state index in [9.17, 15) is 22.8 Å². The Bertz CT molecular complexity index is 606. The lowest BCUT2D eigenvalue weighted by molar-refractivity contribution is -0.144. The van der Waals surface area contributed by atoms with Gasteiger partial charge in [-0.3, -0.25) is 4.79 Å². The highest BCUT2D eigenvalue weighted by atomic mass is 32.1. The van der Waals surface area contributed by atoms with E-state index in [2.05, 4.69) is 10.3 Å². The summed E-state index contributed by atoms with van der Waals surface area (Å²) < 4.78 is 37.4. The van der Waals surface area contributed by atoms with Crippen LogP contribution in [0.25, 0.3) is 0 Å². The normalized spacial score (nSPS) is 21.6. The molecule has 1 saturated heterocycles. The molecule has 1 fully saturated rings. The number of likely N-dealkylation sites (tertiary alicyclic amines) is 1. The number of nitrogens with one attached hydrogen (secondary N) is 1. The number of rotatable bonds is 4. The second kappa shape index (κ2) is 7.37. The smallest absolute Gasteiger partial charge is 0.434 e. The van der Waals surface area contributed by atoms with Crippen LogP contribution in [-0.2, 0) is 17.4 Å². The second-order valence-electron chi connectivity index (χ2n) is 5.89. The topological polar surface area (TPSA) is 82.5 Å². The largest absolute Gasteiger partial charge is 0.481 e. The molecule has 0 aromatic carbocycles. The number of carbonyl (C=O) groups excluding carboxylic acids is 1. The molecular weight excluding hydrogens is 347 g/mol. The van der Waals surface area contributed by atoms with Crippen LogP contribution in [0, 0.1) is 11.8 Å². The summed E-state index contributed by atoms with van der Waals surface area (Å²) in [6, 6.07) is -0.402. The zero-order chi connectivity index (χ0) is 17.9. The number of alkyl halides is 3. The first-order chi connectivity index (χ1) is 11.2. The van der Waals surface area contributed by atoms with Gasteiger partial charge in [0.25, 0.3) is 0 Å². The van der Waals surface area contributed by atoms with Gasteiger partial charge >= 0.3 is 18.2 Å². The Morgan fingerprint density at radius 3 is 2.75 bits per heavy atom. The van der Waals surface area contributed by atoms with Gasteiger partial charge in [-0.25, -0.2) is 9.78 Å². The Hall–Kier alpha value is -1.84. The third kappa shape index (κ3) is 4.83. The molecule has 6 nitrogen and oxygen atoms in total. The molecule has 134 valence electrons. The molecule has 24 heavy (non-hydrogen) atoms. The summed E-state index contributed by atoms with van der Waals surface area (Å²) in [6.07, 6.45) is -3.75. The fourth-order valence-corrected chi connectivity index (χ4v) is 3.45. The SMILES string of the molecule is CC1CC(C(=O)O)CN(C(=O)NCCc2nc(C(F)(F)F)cs2)C1. The van der Waals surface area contributed by atoms with Crippen molar-refractivity contribution >= 4 is 23.3 Å². The number of hydrogen-bond acceptors (Lipinski definition) is 4. The van der Waals surface area contributed by atoms with Crippen molar-refractivity contribution in [3.63, 3.8) is 0 Å². The van der Waals surface area contributed by atoms with E-state index in [4.69, 9.17) is 5.11 Å². The summed E-state index contributed by atoms with van der Waals surface area (Å²) in [5.74, 6) is -1.44. The highest BCUT2D eigenvalue weighted by Crippen LogP contribution is 2.30. The molecule has 0 radical (unpaired) electrons. The summed E-state index contributed by atoms with van der Waals surface area (Å²) in [4.78, 5) is 28.1. The van der Waals surface area contributed by atoms with Crippen LogP contribution in [0.15, 0.2) is 5.38 Å². The van der Waals surface area contributed by atoms with Crippen LogP contribution in [0.1, 0.15) is 24.0 Å². The predicted octanol–water partition coefficient (Wildman–Crippen LogP) is 2.46. The number of carbonyl (C=O) groups is 2. The Morgan fingerprint density at radius 2 is 2.17 bits per heavy atom. The fourth-order valence-electron chi connectivity index (χ4n) is 2.64. The van der Waals surface area contributed by atoms with Crippen LogP contribution >= 0.6 is 11.3 Å². The van der Waals surface area contributed by atoms with E-state index in [1.807, 2.05) is 6.92 Å². The van der Waals surface area contributed by atoms with Crippen molar-refractivity contribution in [3.05, 3.63) is 16.1 Å². The third-order valence-corrected chi connectivity index (χ3v) is 4.66. The Kier molecular flexibility index (Phi) is 5.68. The molecule has 2 N–H and O–H groups in total. The molecule has 0 bridgehead atoms. The highest BCUT2D eigenvalue weighted by Gasteiger charge is 2.34. The lowest BCUT2D eigenvalue weighted by Crippen LogP contribution is -2.49. The van der Waals surface area contributed by atoms with Crippen molar-refractivity contribution in [1.29, 1.82) is 0 Å². The molecule has 2 rings (SSSR count). The maximum absolute atomic E-state index is 12.5. The molecule has 1 aromatic heterocycles. The second-order valence-corrected chi connectivity index (χ2v) is 6.83. The summed E-state index contributed by atoms with van der Waals surface area (Å²) in [5, 5.41) is 12.9. The van der Waals surface area contributed by atoms with Gasteiger partial charge in [0.2, 0.25) is 0 Å². The van der Waals surface area contributed by atoms with Gasteiger partial charge in [-0.15, -0.1) is 11.3 Å². The lowest BCUT2D eigenvalue weighted by Gasteiger charge is -2.34. The number of thiazole rings is 1. The van der Waals surface area contributed by atoms with Gasteiger partial charge in [-0.1, -0.05) is 6.92 Å². The van der Waals surface area contributed by atoms with Crippen LogP contribution in [0.3, 0.4) is 0 Å². The van der Waals surface area contributed by atoms with Crippen molar-refractivity contribution in [1.82, 2.24) is 15.2 Å². The number of nitrogens with zero attached hydrogens (tertiary/aromatic N) is 2. The first-order valence-electron chi connectivity index (χ1n) is 7.44. The molecule has 1 aliphatic heterocycles. The van der Waals surface area contributed by atoms with Crippen LogP contribution in [-0.4, -0.2) is 46.6 Å². The molecule has 1 aliphatic rings. The van der Waals surface area contributed by atoms with Crippen molar-refractivity contribution in [3.8, 4) is 0 Å². The average Bonchev–Trinajstić information content (AvgIpc) is 2.95. The fraction of sp³-hybridized carbons (Fsp3) is 0.643. The molecular formula is C14H18F3N3O3S. The number of carboxylic acid groups (broad SMARTS) is 1. The van der Waals surface area contributed by atoms with E-state index in [-0.39, 0.29) is 30.4 Å². The maximum Gasteiger partial charge on any atom is 0.434 e. The van der Waals surface area contributed by atoms with E-state index in [0.29, 0.717) is 13.0 Å².